The molecule has 2 heterocycles. The SMILES string of the molecule is CCOC(=O)C1CCC(CNC(=O)NCc2nc(-c3cc(C)on3)no2)CC1. The summed E-state index contributed by atoms with van der Waals surface area (Å²) in [6, 6.07) is 1.40. The fraction of sp³-hybridized carbons (Fsp3) is 0.611. The van der Waals surface area contributed by atoms with Crippen LogP contribution in [0.15, 0.2) is 15.1 Å². The maximum atomic E-state index is 12.0. The van der Waals surface area contributed by atoms with E-state index < -0.39 is 0 Å². The average molecular weight is 391 g/mol. The number of nitrogens with zero attached hydrogens (tertiary/aromatic N) is 3. The molecule has 0 saturated heterocycles. The predicted octanol–water partition coefficient (Wildman–Crippen LogP) is 2.20. The number of rotatable bonds is 7. The van der Waals surface area contributed by atoms with E-state index in [1.54, 1.807) is 13.0 Å². The molecule has 0 unspecified atom stereocenters. The van der Waals surface area contributed by atoms with E-state index in [9.17, 15) is 9.59 Å². The van der Waals surface area contributed by atoms with Crippen LogP contribution in [0.4, 0.5) is 4.79 Å². The lowest BCUT2D eigenvalue weighted by atomic mass is 9.82. The first-order valence-electron chi connectivity index (χ1n) is 9.49. The van der Waals surface area contributed by atoms with E-state index in [0.29, 0.717) is 36.3 Å². The predicted molar refractivity (Wildman–Crippen MR) is 96.9 cm³/mol. The molecular weight excluding hydrogens is 366 g/mol. The van der Waals surface area contributed by atoms with Gasteiger partial charge in [0.05, 0.1) is 19.1 Å². The van der Waals surface area contributed by atoms with Gasteiger partial charge in [0.15, 0.2) is 5.69 Å². The van der Waals surface area contributed by atoms with Crippen molar-refractivity contribution < 1.29 is 23.4 Å². The Hall–Kier alpha value is -2.91. The number of aryl methyl sites for hydroxylation is 1. The molecule has 2 aromatic heterocycles. The Morgan fingerprint density at radius 3 is 2.64 bits per heavy atom. The van der Waals surface area contributed by atoms with Crippen LogP contribution in [0.25, 0.3) is 11.5 Å². The quantitative estimate of drug-likeness (QED) is 0.687. The minimum absolute atomic E-state index is 0.00902. The van der Waals surface area contributed by atoms with E-state index in [2.05, 4.69) is 25.9 Å². The highest BCUT2D eigenvalue weighted by molar-refractivity contribution is 5.74. The molecule has 3 rings (SSSR count). The van der Waals surface area contributed by atoms with Crippen LogP contribution in [-0.2, 0) is 16.1 Å². The first-order valence-corrected chi connectivity index (χ1v) is 9.49. The molecule has 152 valence electrons. The smallest absolute Gasteiger partial charge is 0.315 e. The van der Waals surface area contributed by atoms with Gasteiger partial charge in [0.1, 0.15) is 5.76 Å². The van der Waals surface area contributed by atoms with Gasteiger partial charge >= 0.3 is 12.0 Å². The van der Waals surface area contributed by atoms with Crippen LogP contribution >= 0.6 is 0 Å². The van der Waals surface area contributed by atoms with Gasteiger partial charge in [0.25, 0.3) is 0 Å². The Morgan fingerprint density at radius 2 is 1.96 bits per heavy atom. The average Bonchev–Trinajstić information content (AvgIpc) is 3.34. The van der Waals surface area contributed by atoms with Crippen molar-refractivity contribution in [3.63, 3.8) is 0 Å². The topological polar surface area (TPSA) is 132 Å². The summed E-state index contributed by atoms with van der Waals surface area (Å²) >= 11 is 0. The number of hydrogen-bond donors (Lipinski definition) is 2. The van der Waals surface area contributed by atoms with Crippen molar-refractivity contribution in [1.29, 1.82) is 0 Å². The molecule has 0 radical (unpaired) electrons. The number of ether oxygens (including phenoxy) is 1. The molecule has 10 heteroatoms. The normalized spacial score (nSPS) is 19.2. The van der Waals surface area contributed by atoms with Crippen molar-refractivity contribution in [2.24, 2.45) is 11.8 Å². The summed E-state index contributed by atoms with van der Waals surface area (Å²) in [5, 5.41) is 13.2. The summed E-state index contributed by atoms with van der Waals surface area (Å²) in [5.41, 5.74) is 0.482. The maximum absolute atomic E-state index is 12.0. The highest BCUT2D eigenvalue weighted by Crippen LogP contribution is 2.29. The minimum Gasteiger partial charge on any atom is -0.466 e. The van der Waals surface area contributed by atoms with Crippen molar-refractivity contribution in [3.8, 4) is 11.5 Å². The maximum Gasteiger partial charge on any atom is 0.315 e. The standard InChI is InChI=1S/C18H25N5O5/c1-3-26-17(24)13-6-4-12(5-7-13)9-19-18(25)20-10-15-21-16(23-28-15)14-8-11(2)27-22-14/h8,12-13H,3-7,9-10H2,1-2H3,(H2,19,20,25). The lowest BCUT2D eigenvalue weighted by Gasteiger charge is -2.27. The summed E-state index contributed by atoms with van der Waals surface area (Å²) in [7, 11) is 0. The number of carbonyl (C=O) groups is 2. The van der Waals surface area contributed by atoms with Crippen LogP contribution in [0.5, 0.6) is 0 Å². The first kappa shape index (κ1) is 19.8. The molecule has 10 nitrogen and oxygen atoms in total. The van der Waals surface area contributed by atoms with E-state index >= 15 is 0 Å². The van der Waals surface area contributed by atoms with Crippen LogP contribution in [0.3, 0.4) is 0 Å². The molecule has 1 saturated carbocycles. The van der Waals surface area contributed by atoms with Crippen LogP contribution in [-0.4, -0.2) is 40.4 Å². The molecule has 1 aliphatic rings. The molecule has 28 heavy (non-hydrogen) atoms. The number of nitrogens with one attached hydrogen (secondary N) is 2. The third-order valence-corrected chi connectivity index (χ3v) is 4.74. The molecule has 1 fully saturated rings. The largest absolute Gasteiger partial charge is 0.466 e. The molecule has 1 aliphatic carbocycles. The fourth-order valence-corrected chi connectivity index (χ4v) is 3.22. The van der Waals surface area contributed by atoms with Crippen molar-refractivity contribution in [2.75, 3.05) is 13.2 Å². The van der Waals surface area contributed by atoms with E-state index in [-0.39, 0.29) is 30.4 Å². The Balaban J connectivity index is 1.35. The second-order valence-corrected chi connectivity index (χ2v) is 6.87. The van der Waals surface area contributed by atoms with Crippen molar-refractivity contribution in [2.45, 2.75) is 46.1 Å². The van der Waals surface area contributed by atoms with Crippen LogP contribution in [0, 0.1) is 18.8 Å². The van der Waals surface area contributed by atoms with Gasteiger partial charge in [-0.15, -0.1) is 0 Å². The molecule has 2 amide bonds. The summed E-state index contributed by atoms with van der Waals surface area (Å²) in [6.45, 7) is 4.68. The van der Waals surface area contributed by atoms with Crippen molar-refractivity contribution in [1.82, 2.24) is 25.9 Å². The zero-order valence-electron chi connectivity index (χ0n) is 16.1. The Kier molecular flexibility index (Phi) is 6.62. The van der Waals surface area contributed by atoms with Gasteiger partial charge < -0.3 is 24.4 Å². The minimum atomic E-state index is -0.301. The van der Waals surface area contributed by atoms with Gasteiger partial charge in [-0.1, -0.05) is 10.3 Å². The zero-order chi connectivity index (χ0) is 19.9. The van der Waals surface area contributed by atoms with E-state index in [1.165, 1.54) is 0 Å². The van der Waals surface area contributed by atoms with E-state index in [0.717, 1.165) is 25.7 Å². The monoisotopic (exact) mass is 391 g/mol. The van der Waals surface area contributed by atoms with Crippen LogP contribution in [0.2, 0.25) is 0 Å². The number of esters is 1. The third kappa shape index (κ3) is 5.30. The van der Waals surface area contributed by atoms with Gasteiger partial charge in [-0.05, 0) is 45.4 Å². The van der Waals surface area contributed by atoms with Crippen LogP contribution < -0.4 is 10.6 Å². The van der Waals surface area contributed by atoms with Crippen LogP contribution in [0.1, 0.15) is 44.3 Å². The second-order valence-electron chi connectivity index (χ2n) is 6.87. The molecular formula is C18H25N5O5. The fourth-order valence-electron chi connectivity index (χ4n) is 3.22. The molecule has 2 N–H and O–H groups in total. The summed E-state index contributed by atoms with van der Waals surface area (Å²) in [5.74, 6) is 1.49. The van der Waals surface area contributed by atoms with Crippen molar-refractivity contribution >= 4 is 12.0 Å². The third-order valence-electron chi connectivity index (χ3n) is 4.74. The van der Waals surface area contributed by atoms with Gasteiger partial charge in [0.2, 0.25) is 11.7 Å². The molecule has 0 spiro atoms. The summed E-state index contributed by atoms with van der Waals surface area (Å²) in [4.78, 5) is 27.9. The Bertz CT molecular complexity index is 794. The van der Waals surface area contributed by atoms with Gasteiger partial charge in [-0.2, -0.15) is 4.98 Å². The van der Waals surface area contributed by atoms with Gasteiger partial charge in [-0.3, -0.25) is 4.79 Å². The number of urea groups is 1. The molecule has 2 aromatic rings. The number of amides is 2. The summed E-state index contributed by atoms with van der Waals surface area (Å²) in [6.07, 6.45) is 3.40. The highest BCUT2D eigenvalue weighted by Gasteiger charge is 2.27. The lowest BCUT2D eigenvalue weighted by Crippen LogP contribution is -2.39. The molecule has 0 atom stereocenters. The Morgan fingerprint density at radius 1 is 1.18 bits per heavy atom. The molecule has 0 bridgehead atoms. The number of hydrogen-bond acceptors (Lipinski definition) is 8. The number of aromatic nitrogens is 3. The van der Waals surface area contributed by atoms with E-state index in [1.807, 2.05) is 6.92 Å². The first-order chi connectivity index (χ1) is 13.5. The lowest BCUT2D eigenvalue weighted by molar-refractivity contribution is -0.149. The molecule has 0 aromatic carbocycles. The zero-order valence-corrected chi connectivity index (χ0v) is 16.1. The van der Waals surface area contributed by atoms with Crippen molar-refractivity contribution in [3.05, 3.63) is 17.7 Å². The highest BCUT2D eigenvalue weighted by atomic mass is 16.5. The Labute approximate surface area is 162 Å². The second kappa shape index (κ2) is 9.34. The van der Waals surface area contributed by atoms with Gasteiger partial charge in [0, 0.05) is 12.6 Å². The van der Waals surface area contributed by atoms with Gasteiger partial charge in [-0.25, -0.2) is 4.79 Å². The van der Waals surface area contributed by atoms with E-state index in [4.69, 9.17) is 13.8 Å². The number of carbonyl (C=O) groups excluding carboxylic acids is 2. The summed E-state index contributed by atoms with van der Waals surface area (Å²) < 4.78 is 15.1. The molecule has 0 aliphatic heterocycles.